The van der Waals surface area contributed by atoms with E-state index in [0.717, 1.165) is 52.9 Å². The van der Waals surface area contributed by atoms with Crippen molar-refractivity contribution >= 4 is 16.9 Å². The van der Waals surface area contributed by atoms with Crippen molar-refractivity contribution in [2.45, 2.75) is 45.6 Å². The van der Waals surface area contributed by atoms with Crippen molar-refractivity contribution in [2.24, 2.45) is 0 Å². The van der Waals surface area contributed by atoms with E-state index >= 15 is 0 Å². The molecule has 0 unspecified atom stereocenters. The number of hydrogen-bond donors (Lipinski definition) is 1. The Bertz CT molecular complexity index is 1180. The molecule has 2 aromatic carbocycles. The molecule has 0 spiro atoms. The molecule has 0 amide bonds. The molecule has 0 saturated carbocycles. The molecule has 7 heteroatoms. The van der Waals surface area contributed by atoms with Crippen molar-refractivity contribution in [2.75, 3.05) is 6.61 Å². The molecule has 2 aromatic heterocycles. The van der Waals surface area contributed by atoms with Crippen LogP contribution in [0.5, 0.6) is 5.75 Å². The van der Waals surface area contributed by atoms with Gasteiger partial charge in [0.15, 0.2) is 0 Å². The second-order valence-corrected chi connectivity index (χ2v) is 7.75. The molecular weight excluding hydrogens is 406 g/mol. The van der Waals surface area contributed by atoms with Gasteiger partial charge >= 0.3 is 5.97 Å². The van der Waals surface area contributed by atoms with Gasteiger partial charge in [-0.3, -0.25) is 9.48 Å². The lowest BCUT2D eigenvalue weighted by Gasteiger charge is -2.08. The lowest BCUT2D eigenvalue weighted by molar-refractivity contribution is -0.137. The number of benzene rings is 2. The SMILES string of the molecule is Cc1oc(-c2ccccc2)nc1CCCOc1cccc2c1cnn2CCCCC(=O)O. The maximum atomic E-state index is 10.7. The highest BCUT2D eigenvalue weighted by atomic mass is 16.5. The highest BCUT2D eigenvalue weighted by molar-refractivity contribution is 5.85. The Kier molecular flexibility index (Phi) is 6.84. The van der Waals surface area contributed by atoms with Crippen molar-refractivity contribution < 1.29 is 19.1 Å². The molecule has 0 atom stereocenters. The number of oxazole rings is 1. The minimum Gasteiger partial charge on any atom is -0.493 e. The standard InChI is InChI=1S/C25H27N3O4/c1-18-21(27-25(32-18)19-9-3-2-4-10-19)11-8-16-31-23-13-7-12-22-20(23)17-26-28(22)15-6-5-14-24(29)30/h2-4,7,9-10,12-13,17H,5-6,8,11,14-16H2,1H3,(H,29,30). The van der Waals surface area contributed by atoms with Crippen molar-refractivity contribution in [3.05, 3.63) is 66.2 Å². The number of hydrogen-bond acceptors (Lipinski definition) is 5. The average molecular weight is 434 g/mol. The molecule has 4 aromatic rings. The summed E-state index contributed by atoms with van der Waals surface area (Å²) in [6, 6.07) is 15.8. The van der Waals surface area contributed by atoms with Crippen LogP contribution in [-0.4, -0.2) is 32.4 Å². The molecule has 32 heavy (non-hydrogen) atoms. The molecule has 0 aliphatic carbocycles. The van der Waals surface area contributed by atoms with E-state index in [1.807, 2.05) is 66.3 Å². The minimum absolute atomic E-state index is 0.186. The van der Waals surface area contributed by atoms with Crippen LogP contribution in [0, 0.1) is 6.92 Å². The van der Waals surface area contributed by atoms with Gasteiger partial charge in [-0.05, 0) is 56.9 Å². The Balaban J connectivity index is 1.32. The van der Waals surface area contributed by atoms with E-state index in [-0.39, 0.29) is 6.42 Å². The zero-order chi connectivity index (χ0) is 22.3. The molecule has 2 heterocycles. The van der Waals surface area contributed by atoms with Gasteiger partial charge in [-0.15, -0.1) is 0 Å². The van der Waals surface area contributed by atoms with Crippen LogP contribution in [0.1, 0.15) is 37.1 Å². The lowest BCUT2D eigenvalue weighted by atomic mass is 10.2. The number of aliphatic carboxylic acids is 1. The number of nitrogens with zero attached hydrogens (tertiary/aromatic N) is 3. The Morgan fingerprint density at radius 3 is 2.75 bits per heavy atom. The normalized spacial score (nSPS) is 11.2. The zero-order valence-electron chi connectivity index (χ0n) is 18.2. The summed E-state index contributed by atoms with van der Waals surface area (Å²) in [7, 11) is 0. The first kappa shape index (κ1) is 21.6. The van der Waals surface area contributed by atoms with Crippen molar-refractivity contribution in [1.82, 2.24) is 14.8 Å². The predicted molar refractivity (Wildman–Crippen MR) is 122 cm³/mol. The van der Waals surface area contributed by atoms with Gasteiger partial charge < -0.3 is 14.3 Å². The van der Waals surface area contributed by atoms with Gasteiger partial charge in [0.1, 0.15) is 11.5 Å². The summed E-state index contributed by atoms with van der Waals surface area (Å²) in [5.74, 6) is 1.54. The monoisotopic (exact) mass is 433 g/mol. The summed E-state index contributed by atoms with van der Waals surface area (Å²) < 4.78 is 13.8. The first-order valence-electron chi connectivity index (χ1n) is 10.9. The molecule has 7 nitrogen and oxygen atoms in total. The fraction of sp³-hybridized carbons (Fsp3) is 0.320. The summed E-state index contributed by atoms with van der Waals surface area (Å²) in [5, 5.41) is 14.2. The van der Waals surface area contributed by atoms with Gasteiger partial charge in [0.2, 0.25) is 5.89 Å². The molecule has 0 saturated heterocycles. The van der Waals surface area contributed by atoms with E-state index < -0.39 is 5.97 Å². The maximum Gasteiger partial charge on any atom is 0.303 e. The number of unbranched alkanes of at least 4 members (excludes halogenated alkanes) is 1. The number of carbonyl (C=O) groups is 1. The summed E-state index contributed by atoms with van der Waals surface area (Å²) in [6.45, 7) is 3.20. The van der Waals surface area contributed by atoms with Crippen molar-refractivity contribution in [3.63, 3.8) is 0 Å². The van der Waals surface area contributed by atoms with E-state index in [1.54, 1.807) is 0 Å². The van der Waals surface area contributed by atoms with Crippen LogP contribution in [0.15, 0.2) is 59.1 Å². The Hall–Kier alpha value is -3.61. The molecular formula is C25H27N3O4. The summed E-state index contributed by atoms with van der Waals surface area (Å²) in [4.78, 5) is 15.3. The van der Waals surface area contributed by atoms with E-state index in [4.69, 9.17) is 14.3 Å². The topological polar surface area (TPSA) is 90.4 Å². The fourth-order valence-electron chi connectivity index (χ4n) is 3.70. The molecule has 1 N–H and O–H groups in total. The van der Waals surface area contributed by atoms with Crippen molar-refractivity contribution in [1.29, 1.82) is 0 Å². The number of carboxylic acid groups (broad SMARTS) is 1. The van der Waals surface area contributed by atoms with Crippen LogP contribution in [0.3, 0.4) is 0 Å². The third-order valence-electron chi connectivity index (χ3n) is 5.39. The number of aromatic nitrogens is 3. The summed E-state index contributed by atoms with van der Waals surface area (Å²) >= 11 is 0. The van der Waals surface area contributed by atoms with E-state index in [9.17, 15) is 4.79 Å². The molecule has 0 aliphatic rings. The van der Waals surface area contributed by atoms with E-state index in [1.165, 1.54) is 0 Å². The summed E-state index contributed by atoms with van der Waals surface area (Å²) in [5.41, 5.74) is 2.93. The zero-order valence-corrected chi connectivity index (χ0v) is 18.2. The second kappa shape index (κ2) is 10.1. The highest BCUT2D eigenvalue weighted by Gasteiger charge is 2.12. The number of carboxylic acids is 1. The Labute approximate surface area is 186 Å². The van der Waals surface area contributed by atoms with E-state index in [0.29, 0.717) is 25.5 Å². The summed E-state index contributed by atoms with van der Waals surface area (Å²) in [6.07, 6.45) is 5.01. The van der Waals surface area contributed by atoms with Crippen LogP contribution in [-0.2, 0) is 17.8 Å². The third-order valence-corrected chi connectivity index (χ3v) is 5.39. The fourth-order valence-corrected chi connectivity index (χ4v) is 3.70. The highest BCUT2D eigenvalue weighted by Crippen LogP contribution is 2.26. The number of ether oxygens (including phenoxy) is 1. The van der Waals surface area contributed by atoms with Crippen LogP contribution in [0.25, 0.3) is 22.4 Å². The Morgan fingerprint density at radius 2 is 1.94 bits per heavy atom. The van der Waals surface area contributed by atoms with Gasteiger partial charge in [-0.1, -0.05) is 24.3 Å². The number of aryl methyl sites for hydroxylation is 3. The van der Waals surface area contributed by atoms with Crippen LogP contribution in [0.2, 0.25) is 0 Å². The van der Waals surface area contributed by atoms with Gasteiger partial charge in [0.25, 0.3) is 0 Å². The van der Waals surface area contributed by atoms with Gasteiger partial charge in [0, 0.05) is 18.5 Å². The Morgan fingerprint density at radius 1 is 1.09 bits per heavy atom. The maximum absolute atomic E-state index is 10.7. The molecule has 0 radical (unpaired) electrons. The van der Waals surface area contributed by atoms with Crippen LogP contribution >= 0.6 is 0 Å². The first-order chi connectivity index (χ1) is 15.6. The van der Waals surface area contributed by atoms with Crippen molar-refractivity contribution in [3.8, 4) is 17.2 Å². The molecule has 0 fully saturated rings. The molecule has 166 valence electrons. The molecule has 4 rings (SSSR count). The number of rotatable bonds is 11. The molecule has 0 bridgehead atoms. The second-order valence-electron chi connectivity index (χ2n) is 7.75. The van der Waals surface area contributed by atoms with Crippen LogP contribution in [0.4, 0.5) is 0 Å². The number of fused-ring (bicyclic) bond motifs is 1. The third kappa shape index (κ3) is 5.17. The molecule has 0 aliphatic heterocycles. The van der Waals surface area contributed by atoms with Gasteiger partial charge in [-0.2, -0.15) is 5.10 Å². The predicted octanol–water partition coefficient (Wildman–Crippen LogP) is 5.27. The minimum atomic E-state index is -0.761. The largest absolute Gasteiger partial charge is 0.493 e. The van der Waals surface area contributed by atoms with Gasteiger partial charge in [-0.25, -0.2) is 4.98 Å². The quantitative estimate of drug-likeness (QED) is 0.324. The smallest absolute Gasteiger partial charge is 0.303 e. The average Bonchev–Trinajstić information content (AvgIpc) is 3.38. The van der Waals surface area contributed by atoms with Gasteiger partial charge in [0.05, 0.1) is 29.4 Å². The van der Waals surface area contributed by atoms with Crippen LogP contribution < -0.4 is 4.74 Å². The first-order valence-corrected chi connectivity index (χ1v) is 10.9. The van der Waals surface area contributed by atoms with E-state index in [2.05, 4.69) is 10.1 Å². The lowest BCUT2D eigenvalue weighted by Crippen LogP contribution is -2.02.